The van der Waals surface area contributed by atoms with Crippen LogP contribution in [0.1, 0.15) is 25.8 Å². The summed E-state index contributed by atoms with van der Waals surface area (Å²) in [5.41, 5.74) is 1.91. The maximum atomic E-state index is 12.5. The first-order valence-corrected chi connectivity index (χ1v) is 9.12. The van der Waals surface area contributed by atoms with E-state index >= 15 is 0 Å². The van der Waals surface area contributed by atoms with Crippen LogP contribution in [0.3, 0.4) is 0 Å². The smallest absolute Gasteiger partial charge is 0.313 e. The van der Waals surface area contributed by atoms with Gasteiger partial charge in [0.15, 0.2) is 0 Å². The molecule has 0 radical (unpaired) electrons. The Morgan fingerprint density at radius 2 is 1.60 bits per heavy atom. The van der Waals surface area contributed by atoms with E-state index in [0.29, 0.717) is 10.0 Å². The van der Waals surface area contributed by atoms with Gasteiger partial charge in [-0.05, 0) is 54.7 Å². The van der Waals surface area contributed by atoms with Crippen LogP contribution in [0.15, 0.2) is 36.4 Å². The lowest BCUT2D eigenvalue weighted by Gasteiger charge is -2.73. The fraction of sp³-hybridized carbons (Fsp3) is 0.350. The molecule has 1 atom stereocenters. The minimum absolute atomic E-state index is 0.0980. The molecule has 25 heavy (non-hydrogen) atoms. The molecule has 3 aromatic rings. The van der Waals surface area contributed by atoms with Gasteiger partial charge in [-0.2, -0.15) is 0 Å². The molecule has 5 heteroatoms. The second kappa shape index (κ2) is 4.72. The van der Waals surface area contributed by atoms with Crippen molar-refractivity contribution in [3.05, 3.63) is 46.4 Å². The van der Waals surface area contributed by atoms with Crippen molar-refractivity contribution in [3.63, 3.8) is 0 Å². The van der Waals surface area contributed by atoms with Gasteiger partial charge in [0.05, 0.1) is 18.6 Å². The minimum atomic E-state index is -0.401. The third kappa shape index (κ3) is 1.76. The highest BCUT2D eigenvalue weighted by molar-refractivity contribution is 6.33. The van der Waals surface area contributed by atoms with E-state index in [0.717, 1.165) is 34.6 Å². The molecule has 3 nitrogen and oxygen atoms in total. The number of carbonyl (C=O) groups is 1. The fourth-order valence-corrected chi connectivity index (χ4v) is 5.82. The van der Waals surface area contributed by atoms with Gasteiger partial charge in [0.2, 0.25) is 0 Å². The number of nitrogens with zero attached hydrogens (tertiary/aromatic N) is 1. The molecule has 0 spiro atoms. The molecule has 0 N–H and O–H groups in total. The molecule has 3 saturated carbocycles. The van der Waals surface area contributed by atoms with Crippen molar-refractivity contribution in [2.24, 2.45) is 10.8 Å². The average Bonchev–Trinajstić information content (AvgIpc) is 2.84. The van der Waals surface area contributed by atoms with Crippen LogP contribution in [0.4, 0.5) is 0 Å². The Kier molecular flexibility index (Phi) is 2.93. The zero-order chi connectivity index (χ0) is 17.6. The first-order valence-electron chi connectivity index (χ1n) is 8.37. The largest absolute Gasteiger partial charge is 0.469 e. The highest BCUT2D eigenvalue weighted by atomic mass is 35.5. The predicted octanol–water partition coefficient (Wildman–Crippen LogP) is 5.62. The van der Waals surface area contributed by atoms with Crippen LogP contribution in [0.25, 0.3) is 21.8 Å². The third-order valence-corrected chi connectivity index (χ3v) is 6.67. The van der Waals surface area contributed by atoms with Crippen LogP contribution < -0.4 is 0 Å². The number of benzene rings is 2. The van der Waals surface area contributed by atoms with E-state index in [-0.39, 0.29) is 17.4 Å². The molecule has 0 saturated heterocycles. The van der Waals surface area contributed by atoms with Gasteiger partial charge < -0.3 is 9.30 Å². The first kappa shape index (κ1) is 15.5. The molecule has 3 aliphatic carbocycles. The summed E-state index contributed by atoms with van der Waals surface area (Å²) >= 11 is 12.5. The number of ether oxygens (including phenoxy) is 1. The number of aromatic nitrogens is 1. The Balaban J connectivity index is 1.83. The average molecular weight is 374 g/mol. The summed E-state index contributed by atoms with van der Waals surface area (Å²) in [5.74, 6) is -0.0980. The predicted molar refractivity (Wildman–Crippen MR) is 100 cm³/mol. The molecule has 1 heterocycles. The Labute approximate surface area is 155 Å². The maximum Gasteiger partial charge on any atom is 0.313 e. The Hall–Kier alpha value is -1.71. The molecule has 2 aromatic carbocycles. The standard InChI is InChI=1S/C20H17Cl2NO2/c1-19-9-20(10-19,18(24)25-2)17(19)23-15-5-3-11(21)7-13(15)14-8-12(22)4-6-16(14)23/h3-8,17H,9-10H2,1-2H3. The van der Waals surface area contributed by atoms with Gasteiger partial charge in [-0.3, -0.25) is 4.79 Å². The second-order valence-corrected chi connectivity index (χ2v) is 8.62. The fourth-order valence-electron chi connectivity index (χ4n) is 5.48. The summed E-state index contributed by atoms with van der Waals surface area (Å²) in [5, 5.41) is 3.53. The minimum Gasteiger partial charge on any atom is -0.469 e. The summed E-state index contributed by atoms with van der Waals surface area (Å²) in [4.78, 5) is 12.5. The van der Waals surface area contributed by atoms with Crippen molar-refractivity contribution in [3.8, 4) is 0 Å². The monoisotopic (exact) mass is 373 g/mol. The number of rotatable bonds is 2. The van der Waals surface area contributed by atoms with E-state index in [1.807, 2.05) is 36.4 Å². The van der Waals surface area contributed by atoms with E-state index in [9.17, 15) is 4.79 Å². The van der Waals surface area contributed by atoms with Crippen molar-refractivity contribution >= 4 is 51.0 Å². The Morgan fingerprint density at radius 3 is 2.04 bits per heavy atom. The van der Waals surface area contributed by atoms with Crippen molar-refractivity contribution in [1.82, 2.24) is 4.57 Å². The van der Waals surface area contributed by atoms with Crippen molar-refractivity contribution < 1.29 is 9.53 Å². The van der Waals surface area contributed by atoms with Gasteiger partial charge in [0.1, 0.15) is 0 Å². The highest BCUT2D eigenvalue weighted by Crippen LogP contribution is 2.80. The van der Waals surface area contributed by atoms with Crippen molar-refractivity contribution in [2.75, 3.05) is 7.11 Å². The number of methoxy groups -OCH3 is 1. The number of hydrogen-bond donors (Lipinski definition) is 0. The van der Waals surface area contributed by atoms with Crippen LogP contribution in [0.2, 0.25) is 10.0 Å². The van der Waals surface area contributed by atoms with Gasteiger partial charge in [-0.25, -0.2) is 0 Å². The van der Waals surface area contributed by atoms with E-state index in [1.54, 1.807) is 0 Å². The molecule has 0 amide bonds. The lowest BCUT2D eigenvalue weighted by atomic mass is 9.32. The molecule has 128 valence electrons. The zero-order valence-corrected chi connectivity index (χ0v) is 15.5. The van der Waals surface area contributed by atoms with Crippen LogP contribution in [0.5, 0.6) is 0 Å². The number of fused-ring (bicyclic) bond motifs is 3. The molecular formula is C20H17Cl2NO2. The lowest BCUT2D eigenvalue weighted by molar-refractivity contribution is -0.255. The van der Waals surface area contributed by atoms with Crippen LogP contribution in [-0.2, 0) is 9.53 Å². The number of halogens is 2. The Bertz CT molecular complexity index is 1000. The molecule has 2 bridgehead atoms. The van der Waals surface area contributed by atoms with Gasteiger partial charge in [-0.15, -0.1) is 0 Å². The highest BCUT2D eigenvalue weighted by Gasteiger charge is 2.78. The zero-order valence-electron chi connectivity index (χ0n) is 14.0. The van der Waals surface area contributed by atoms with Gasteiger partial charge in [0, 0.05) is 31.9 Å². The molecule has 3 fully saturated rings. The van der Waals surface area contributed by atoms with E-state index in [2.05, 4.69) is 11.5 Å². The molecule has 0 aliphatic heterocycles. The van der Waals surface area contributed by atoms with Gasteiger partial charge in [-0.1, -0.05) is 30.1 Å². The summed E-state index contributed by atoms with van der Waals surface area (Å²) in [6.45, 7) is 2.26. The van der Waals surface area contributed by atoms with Crippen molar-refractivity contribution in [1.29, 1.82) is 0 Å². The lowest BCUT2D eigenvalue weighted by Crippen LogP contribution is -2.72. The summed E-state index contributed by atoms with van der Waals surface area (Å²) < 4.78 is 7.44. The summed E-state index contributed by atoms with van der Waals surface area (Å²) in [7, 11) is 1.48. The molecular weight excluding hydrogens is 357 g/mol. The van der Waals surface area contributed by atoms with Gasteiger partial charge >= 0.3 is 5.97 Å². The topological polar surface area (TPSA) is 31.2 Å². The molecule has 1 unspecified atom stereocenters. The van der Waals surface area contributed by atoms with E-state index in [4.69, 9.17) is 27.9 Å². The Morgan fingerprint density at radius 1 is 1.08 bits per heavy atom. The SMILES string of the molecule is COC(=O)C12CC(C)(C1)C2n1c2ccc(Cl)cc2c2cc(Cl)ccc21. The number of carbonyl (C=O) groups excluding carboxylic acids is 1. The molecule has 3 aliphatic rings. The second-order valence-electron chi connectivity index (χ2n) is 7.75. The van der Waals surface area contributed by atoms with E-state index in [1.165, 1.54) is 7.11 Å². The van der Waals surface area contributed by atoms with Crippen LogP contribution in [-0.4, -0.2) is 17.6 Å². The molecule has 6 rings (SSSR count). The first-order chi connectivity index (χ1) is 11.9. The number of esters is 1. The van der Waals surface area contributed by atoms with Gasteiger partial charge in [0.25, 0.3) is 0 Å². The van der Waals surface area contributed by atoms with Crippen molar-refractivity contribution in [2.45, 2.75) is 25.8 Å². The quantitative estimate of drug-likeness (QED) is 0.546. The maximum absolute atomic E-state index is 12.5. The molecule has 1 aromatic heterocycles. The summed E-state index contributed by atoms with van der Waals surface area (Å²) in [6, 6.07) is 11.9. The van der Waals surface area contributed by atoms with E-state index < -0.39 is 5.41 Å². The normalized spacial score (nSPS) is 30.2. The summed E-state index contributed by atoms with van der Waals surface area (Å²) in [6.07, 6.45) is 1.78. The van der Waals surface area contributed by atoms with Crippen LogP contribution in [0, 0.1) is 10.8 Å². The number of hydrogen-bond acceptors (Lipinski definition) is 2. The third-order valence-electron chi connectivity index (χ3n) is 6.20. The van der Waals surface area contributed by atoms with Crippen LogP contribution >= 0.6 is 23.2 Å².